The third-order valence-corrected chi connectivity index (χ3v) is 12.7. The van der Waals surface area contributed by atoms with Crippen LogP contribution in [0.3, 0.4) is 0 Å². The molecule has 462 valence electrons. The third kappa shape index (κ3) is 26.5. The molecule has 24 heteroatoms. The normalized spacial score (nSPS) is 9.58. The molecule has 0 aliphatic rings. The second-order valence-corrected chi connectivity index (χ2v) is 19.8. The SMILES string of the molecule is O=C([O-])c1ccc(Cl)cc1.O=C([O-])c1ccc(Cl)cc1.O=C([O-])c1ccc(Cl)cc1.O=C([O-])c1ccc(Cl)cc1.O=C([O-])c1ccc(Cl)cc1.O=C([O-])c1ccc(Cl)cc1.[Er+3].[Er+3].c1cnc2c(c1)ccc1cccnc12.c1cnc2c(c1)ccc1cccnc12. The van der Waals surface area contributed by atoms with E-state index in [1.165, 1.54) is 146 Å². The zero-order valence-electron chi connectivity index (χ0n) is 45.6. The molecule has 0 aliphatic carbocycles. The number of halogens is 6. The van der Waals surface area contributed by atoms with E-state index in [2.05, 4.69) is 68.5 Å². The fourth-order valence-electron chi connectivity index (χ4n) is 6.88. The molecule has 16 nitrogen and oxygen atoms in total. The summed E-state index contributed by atoms with van der Waals surface area (Å²) in [5.41, 5.74) is 4.77. The van der Waals surface area contributed by atoms with E-state index < -0.39 is 35.8 Å². The molecule has 0 amide bonds. The molecule has 4 aromatic heterocycles. The number of carboxylic acids is 6. The number of rotatable bonds is 6. The Balaban J connectivity index is 0.000000269. The van der Waals surface area contributed by atoms with Crippen molar-refractivity contribution in [3.05, 3.63) is 307 Å². The molecule has 0 unspecified atom stereocenters. The van der Waals surface area contributed by atoms with Crippen LogP contribution >= 0.6 is 69.6 Å². The van der Waals surface area contributed by atoms with Crippen LogP contribution < -0.4 is 30.6 Å². The van der Waals surface area contributed by atoms with Gasteiger partial charge in [-0.2, -0.15) is 0 Å². The Hall–Kier alpha value is -7.55. The fraction of sp³-hybridized carbons (Fsp3) is 0. The first kappa shape index (κ1) is 76.7. The minimum Gasteiger partial charge on any atom is -0.545 e. The van der Waals surface area contributed by atoms with Crippen molar-refractivity contribution in [1.82, 2.24) is 19.9 Å². The van der Waals surface area contributed by atoms with Gasteiger partial charge in [0.15, 0.2) is 0 Å². The molecule has 0 aliphatic heterocycles. The van der Waals surface area contributed by atoms with Gasteiger partial charge in [0, 0.05) is 76.5 Å². The van der Waals surface area contributed by atoms with Gasteiger partial charge >= 0.3 is 74.6 Å². The molecule has 0 N–H and O–H groups in total. The van der Waals surface area contributed by atoms with E-state index in [4.69, 9.17) is 69.6 Å². The maximum Gasteiger partial charge on any atom is 3.00 e. The van der Waals surface area contributed by atoms with Crippen molar-refractivity contribution in [2.75, 3.05) is 0 Å². The van der Waals surface area contributed by atoms with Crippen LogP contribution in [0.4, 0.5) is 0 Å². The first-order valence-corrected chi connectivity index (χ1v) is 27.3. The number of carbonyl (C=O) groups excluding carboxylic acids is 6. The van der Waals surface area contributed by atoms with Gasteiger partial charge in [-0.25, -0.2) is 0 Å². The summed E-state index contributed by atoms with van der Waals surface area (Å²) in [6.45, 7) is 0. The Morgan fingerprint density at radius 3 is 0.478 bits per heavy atom. The number of aromatic carboxylic acids is 6. The summed E-state index contributed by atoms with van der Waals surface area (Å²) in [7, 11) is 0. The van der Waals surface area contributed by atoms with Crippen molar-refractivity contribution in [1.29, 1.82) is 0 Å². The molecule has 12 aromatic rings. The maximum atomic E-state index is 10.2. The Labute approximate surface area is 603 Å². The van der Waals surface area contributed by atoms with Gasteiger partial charge < -0.3 is 59.4 Å². The molecule has 4 heterocycles. The standard InChI is InChI=1S/2C12H8N2.6C7H5ClO2.2Er/c2*1-3-9-5-6-10-4-2-8-14-12(10)11(9)13-7-1;6*8-6-3-1-5(2-4-6)7(9)10;;/h2*1-8H;6*1-4H,(H,9,10);;/q;;;;;;;;2*+3/p-6. The maximum absolute atomic E-state index is 10.2. The van der Waals surface area contributed by atoms with Crippen LogP contribution in [0.5, 0.6) is 0 Å². The van der Waals surface area contributed by atoms with Crippen LogP contribution in [0.15, 0.2) is 243 Å². The van der Waals surface area contributed by atoms with Crippen LogP contribution in [0, 0.1) is 74.6 Å². The summed E-state index contributed by atoms with van der Waals surface area (Å²) in [6.07, 6.45) is 7.21. The molecular formula is C66H40Cl6Er2N4O12. The molecule has 0 saturated carbocycles. The van der Waals surface area contributed by atoms with Crippen molar-refractivity contribution >= 4 is 149 Å². The number of fused-ring (bicyclic) bond motifs is 6. The largest absolute Gasteiger partial charge is 3.00 e. The number of carboxylic acid groups (broad SMARTS) is 6. The number of benzene rings is 8. The molecule has 2 radical (unpaired) electrons. The fourth-order valence-corrected chi connectivity index (χ4v) is 7.63. The smallest absolute Gasteiger partial charge is 0.545 e. The van der Waals surface area contributed by atoms with Crippen LogP contribution in [0.1, 0.15) is 62.1 Å². The minimum atomic E-state index is -1.18. The Morgan fingerprint density at radius 1 is 0.222 bits per heavy atom. The summed E-state index contributed by atoms with van der Waals surface area (Å²) < 4.78 is 0. The molecular weight excluding hydrogens is 1590 g/mol. The predicted molar refractivity (Wildman–Crippen MR) is 329 cm³/mol. The zero-order chi connectivity index (χ0) is 64.1. The second-order valence-electron chi connectivity index (χ2n) is 17.2. The van der Waals surface area contributed by atoms with E-state index >= 15 is 0 Å². The molecule has 0 spiro atoms. The minimum absolute atomic E-state index is 0. The van der Waals surface area contributed by atoms with E-state index in [0.717, 1.165) is 43.6 Å². The van der Waals surface area contributed by atoms with Gasteiger partial charge in [0.25, 0.3) is 0 Å². The first-order chi connectivity index (χ1) is 42.1. The van der Waals surface area contributed by atoms with Crippen LogP contribution in [-0.4, -0.2) is 55.8 Å². The van der Waals surface area contributed by atoms with Gasteiger partial charge in [0.05, 0.1) is 57.9 Å². The monoisotopic (exact) mass is 1620 g/mol. The van der Waals surface area contributed by atoms with Crippen molar-refractivity contribution < 1.29 is 134 Å². The summed E-state index contributed by atoms with van der Waals surface area (Å²) in [5.74, 6) is -7.10. The number of carbonyl (C=O) groups is 6. The van der Waals surface area contributed by atoms with Gasteiger partial charge in [-0.15, -0.1) is 0 Å². The van der Waals surface area contributed by atoms with E-state index in [1.807, 2.05) is 24.3 Å². The zero-order valence-corrected chi connectivity index (χ0v) is 53.9. The van der Waals surface area contributed by atoms with Gasteiger partial charge in [-0.1, -0.05) is 191 Å². The van der Waals surface area contributed by atoms with Crippen molar-refractivity contribution in [3.63, 3.8) is 0 Å². The molecule has 0 saturated heterocycles. The Kier molecular flexibility index (Phi) is 34.3. The van der Waals surface area contributed by atoms with Crippen LogP contribution in [-0.2, 0) is 0 Å². The molecule has 8 aromatic carbocycles. The molecule has 0 atom stereocenters. The number of hydrogen-bond acceptors (Lipinski definition) is 16. The number of pyridine rings is 4. The average Bonchev–Trinajstić information content (AvgIpc) is 1.07. The molecule has 0 bridgehead atoms. The average molecular weight is 1630 g/mol. The van der Waals surface area contributed by atoms with E-state index in [0.29, 0.717) is 30.1 Å². The summed E-state index contributed by atoms with van der Waals surface area (Å²) >= 11 is 33.0. The van der Waals surface area contributed by atoms with E-state index in [1.54, 1.807) is 24.8 Å². The van der Waals surface area contributed by atoms with E-state index in [9.17, 15) is 59.4 Å². The Morgan fingerprint density at radius 2 is 0.356 bits per heavy atom. The number of hydrogen-bond donors (Lipinski definition) is 0. The summed E-state index contributed by atoms with van der Waals surface area (Å²) in [5, 5.41) is 68.6. The topological polar surface area (TPSA) is 292 Å². The second kappa shape index (κ2) is 40.2. The number of aromatic nitrogens is 4. The Bertz CT molecular complexity index is 3650. The summed E-state index contributed by atoms with van der Waals surface area (Å²) in [4.78, 5) is 78.3. The molecule has 90 heavy (non-hydrogen) atoms. The molecule has 0 fully saturated rings. The van der Waals surface area contributed by atoms with Gasteiger partial charge in [0.1, 0.15) is 0 Å². The van der Waals surface area contributed by atoms with Crippen molar-refractivity contribution in [2.45, 2.75) is 0 Å². The van der Waals surface area contributed by atoms with Gasteiger partial charge in [-0.05, 0) is 130 Å². The van der Waals surface area contributed by atoms with Crippen LogP contribution in [0.25, 0.3) is 43.6 Å². The van der Waals surface area contributed by atoms with Gasteiger partial charge in [0.2, 0.25) is 0 Å². The first-order valence-electron chi connectivity index (χ1n) is 25.1. The predicted octanol–water partition coefficient (Wildman–Crippen LogP) is 9.79. The van der Waals surface area contributed by atoms with E-state index in [-0.39, 0.29) is 108 Å². The third-order valence-electron chi connectivity index (χ3n) is 11.2. The van der Waals surface area contributed by atoms with Crippen molar-refractivity contribution in [2.24, 2.45) is 0 Å². The summed E-state index contributed by atoms with van der Waals surface area (Å²) in [6, 6.07) is 59.2. The quantitative estimate of drug-likeness (QED) is 0.140. The number of nitrogens with zero attached hydrogens (tertiary/aromatic N) is 4. The van der Waals surface area contributed by atoms with Crippen LogP contribution in [0.2, 0.25) is 30.1 Å². The van der Waals surface area contributed by atoms with Gasteiger partial charge in [-0.3, -0.25) is 19.9 Å². The molecule has 12 rings (SSSR count). The van der Waals surface area contributed by atoms with Crippen molar-refractivity contribution in [3.8, 4) is 0 Å².